The molecule has 0 saturated heterocycles. The molecule has 0 saturated carbocycles. The lowest BCUT2D eigenvalue weighted by Crippen LogP contribution is -2.38. The van der Waals surface area contributed by atoms with Gasteiger partial charge in [-0.05, 0) is 39.2 Å². The zero-order chi connectivity index (χ0) is 15.3. The fraction of sp³-hybridized carbons (Fsp3) is 0.615. The van der Waals surface area contributed by atoms with Crippen molar-refractivity contribution in [1.29, 1.82) is 0 Å². The minimum Gasteiger partial charge on any atom is -0.462 e. The summed E-state index contributed by atoms with van der Waals surface area (Å²) in [6, 6.07) is -0.423. The van der Waals surface area contributed by atoms with Crippen molar-refractivity contribution in [3.63, 3.8) is 0 Å². The number of aromatic nitrogens is 1. The van der Waals surface area contributed by atoms with Crippen LogP contribution in [0.2, 0.25) is 0 Å². The van der Waals surface area contributed by atoms with Gasteiger partial charge in [-0.1, -0.05) is 0 Å². The summed E-state index contributed by atoms with van der Waals surface area (Å²) in [5, 5.41) is 3.62. The molecule has 1 heterocycles. The van der Waals surface area contributed by atoms with Crippen LogP contribution in [0.5, 0.6) is 0 Å². The number of carbonyl (C=O) groups excluding carboxylic acids is 2. The van der Waals surface area contributed by atoms with Crippen LogP contribution in [0, 0.1) is 6.92 Å². The molecule has 0 aromatic carbocycles. The lowest BCUT2D eigenvalue weighted by atomic mass is 10.2. The molecule has 1 rings (SSSR count). The Morgan fingerprint density at radius 3 is 2.65 bits per heavy atom. The van der Waals surface area contributed by atoms with Gasteiger partial charge in [0.15, 0.2) is 0 Å². The number of hydrogen-bond donors (Lipinski definition) is 1. The van der Waals surface area contributed by atoms with E-state index in [1.165, 1.54) is 0 Å². The van der Waals surface area contributed by atoms with Gasteiger partial charge in [0.1, 0.15) is 16.6 Å². The molecule has 1 aromatic heterocycles. The highest BCUT2D eigenvalue weighted by molar-refractivity contribution is 7.10. The van der Waals surface area contributed by atoms with Gasteiger partial charge in [-0.15, -0.1) is 0 Å². The molecule has 0 spiro atoms. The lowest BCUT2D eigenvalue weighted by molar-refractivity contribution is -0.130. The molecule has 0 bridgehead atoms. The van der Waals surface area contributed by atoms with Crippen LogP contribution in [-0.4, -0.2) is 47.4 Å². The summed E-state index contributed by atoms with van der Waals surface area (Å²) in [5.41, 5.74) is 1.02. The number of rotatable bonds is 6. The van der Waals surface area contributed by atoms with Crippen LogP contribution < -0.4 is 5.32 Å². The molecular formula is C13H21N3O3S. The molecule has 7 heteroatoms. The van der Waals surface area contributed by atoms with Crippen molar-refractivity contribution in [2.75, 3.05) is 25.5 Å². The second kappa shape index (κ2) is 7.23. The first-order valence-corrected chi connectivity index (χ1v) is 7.34. The zero-order valence-electron chi connectivity index (χ0n) is 12.5. The Morgan fingerprint density at radius 1 is 1.45 bits per heavy atom. The number of likely N-dealkylation sites (N-methyl/N-ethyl adjacent to an activating group) is 1. The number of ether oxygens (including phenoxy) is 1. The van der Waals surface area contributed by atoms with Gasteiger partial charge < -0.3 is 15.0 Å². The summed E-state index contributed by atoms with van der Waals surface area (Å²) in [6.07, 6.45) is 0. The van der Waals surface area contributed by atoms with Crippen LogP contribution in [0.1, 0.15) is 36.8 Å². The van der Waals surface area contributed by atoms with Crippen LogP contribution in [-0.2, 0) is 9.53 Å². The summed E-state index contributed by atoms with van der Waals surface area (Å²) in [4.78, 5) is 25.5. The third-order valence-corrected chi connectivity index (χ3v) is 3.78. The third-order valence-electron chi connectivity index (χ3n) is 2.91. The normalized spacial score (nSPS) is 11.8. The SMILES string of the molecule is CCOC(=O)c1c(C)nsc1NC(C)C(=O)N(C)CC. The van der Waals surface area contributed by atoms with E-state index in [0.29, 0.717) is 29.4 Å². The molecule has 112 valence electrons. The van der Waals surface area contributed by atoms with E-state index in [1.54, 1.807) is 32.7 Å². The van der Waals surface area contributed by atoms with E-state index >= 15 is 0 Å². The first-order chi connectivity index (χ1) is 9.42. The molecule has 0 aliphatic carbocycles. The first-order valence-electron chi connectivity index (χ1n) is 6.57. The second-order valence-electron chi connectivity index (χ2n) is 4.41. The largest absolute Gasteiger partial charge is 0.462 e. The average molecular weight is 299 g/mol. The van der Waals surface area contributed by atoms with Crippen molar-refractivity contribution >= 4 is 28.4 Å². The molecule has 1 aromatic rings. The molecule has 6 nitrogen and oxygen atoms in total. The lowest BCUT2D eigenvalue weighted by Gasteiger charge is -2.20. The fourth-order valence-electron chi connectivity index (χ4n) is 1.66. The average Bonchev–Trinajstić information content (AvgIpc) is 2.78. The van der Waals surface area contributed by atoms with Gasteiger partial charge in [0.25, 0.3) is 0 Å². The Balaban J connectivity index is 2.88. The maximum atomic E-state index is 12.0. The number of nitrogens with one attached hydrogen (secondary N) is 1. The number of amides is 1. The highest BCUT2D eigenvalue weighted by Crippen LogP contribution is 2.26. The van der Waals surface area contributed by atoms with E-state index in [-0.39, 0.29) is 5.91 Å². The van der Waals surface area contributed by atoms with Crippen LogP contribution >= 0.6 is 11.5 Å². The standard InChI is InChI=1S/C13H21N3O3S/c1-6-16(5)12(17)9(4)14-11-10(8(3)15-20-11)13(18)19-7-2/h9,14H,6-7H2,1-5H3. The summed E-state index contributed by atoms with van der Waals surface area (Å²) in [6.45, 7) is 8.11. The predicted octanol–water partition coefficient (Wildman–Crippen LogP) is 1.91. The summed E-state index contributed by atoms with van der Waals surface area (Å²) in [7, 11) is 1.74. The van der Waals surface area contributed by atoms with Crippen LogP contribution in [0.15, 0.2) is 0 Å². The van der Waals surface area contributed by atoms with E-state index in [0.717, 1.165) is 11.5 Å². The van der Waals surface area contributed by atoms with Gasteiger partial charge in [0.2, 0.25) is 5.91 Å². The minimum absolute atomic E-state index is 0.0339. The Morgan fingerprint density at radius 2 is 2.10 bits per heavy atom. The highest BCUT2D eigenvalue weighted by Gasteiger charge is 2.23. The van der Waals surface area contributed by atoms with Crippen LogP contribution in [0.3, 0.4) is 0 Å². The molecule has 0 fully saturated rings. The number of esters is 1. The fourth-order valence-corrected chi connectivity index (χ4v) is 2.53. The Hall–Kier alpha value is -1.63. The van der Waals surface area contributed by atoms with E-state index in [4.69, 9.17) is 4.74 Å². The zero-order valence-corrected chi connectivity index (χ0v) is 13.3. The molecule has 0 aliphatic heterocycles. The monoisotopic (exact) mass is 299 g/mol. The number of aryl methyl sites for hydroxylation is 1. The molecule has 1 atom stereocenters. The van der Waals surface area contributed by atoms with E-state index in [9.17, 15) is 9.59 Å². The van der Waals surface area contributed by atoms with Gasteiger partial charge in [0, 0.05) is 13.6 Å². The van der Waals surface area contributed by atoms with Gasteiger partial charge in [-0.2, -0.15) is 4.37 Å². The van der Waals surface area contributed by atoms with Crippen molar-refractivity contribution in [3.05, 3.63) is 11.3 Å². The van der Waals surface area contributed by atoms with Crippen molar-refractivity contribution in [2.24, 2.45) is 0 Å². The second-order valence-corrected chi connectivity index (χ2v) is 5.18. The topological polar surface area (TPSA) is 71.5 Å². The summed E-state index contributed by atoms with van der Waals surface area (Å²) < 4.78 is 9.16. The summed E-state index contributed by atoms with van der Waals surface area (Å²) >= 11 is 1.16. The molecule has 1 amide bonds. The van der Waals surface area contributed by atoms with Crippen molar-refractivity contribution < 1.29 is 14.3 Å². The van der Waals surface area contributed by atoms with Gasteiger partial charge in [0.05, 0.1) is 12.3 Å². The molecular weight excluding hydrogens is 278 g/mol. The maximum Gasteiger partial charge on any atom is 0.343 e. The van der Waals surface area contributed by atoms with Crippen molar-refractivity contribution in [1.82, 2.24) is 9.27 Å². The maximum absolute atomic E-state index is 12.0. The van der Waals surface area contributed by atoms with E-state index in [2.05, 4.69) is 9.69 Å². The van der Waals surface area contributed by atoms with E-state index in [1.807, 2.05) is 6.92 Å². The molecule has 1 N–H and O–H groups in total. The number of nitrogens with zero attached hydrogens (tertiary/aromatic N) is 2. The third kappa shape index (κ3) is 3.69. The Kier molecular flexibility index (Phi) is 5.94. The number of anilines is 1. The van der Waals surface area contributed by atoms with Gasteiger partial charge in [-0.25, -0.2) is 4.79 Å². The Labute approximate surface area is 123 Å². The highest BCUT2D eigenvalue weighted by atomic mass is 32.1. The number of hydrogen-bond acceptors (Lipinski definition) is 6. The first kappa shape index (κ1) is 16.4. The van der Waals surface area contributed by atoms with Crippen LogP contribution in [0.25, 0.3) is 0 Å². The minimum atomic E-state index is -0.423. The van der Waals surface area contributed by atoms with E-state index < -0.39 is 12.0 Å². The molecule has 20 heavy (non-hydrogen) atoms. The summed E-state index contributed by atoms with van der Waals surface area (Å²) in [5.74, 6) is -0.446. The van der Waals surface area contributed by atoms with Gasteiger partial charge in [-0.3, -0.25) is 4.79 Å². The number of carbonyl (C=O) groups is 2. The Bertz CT molecular complexity index is 487. The molecule has 0 radical (unpaired) electrons. The van der Waals surface area contributed by atoms with Gasteiger partial charge >= 0.3 is 5.97 Å². The predicted molar refractivity (Wildman–Crippen MR) is 79.2 cm³/mol. The van der Waals surface area contributed by atoms with Crippen molar-refractivity contribution in [3.8, 4) is 0 Å². The van der Waals surface area contributed by atoms with Crippen molar-refractivity contribution in [2.45, 2.75) is 33.7 Å². The quantitative estimate of drug-likeness (QED) is 0.812. The molecule has 0 aliphatic rings. The smallest absolute Gasteiger partial charge is 0.343 e. The van der Waals surface area contributed by atoms with Crippen LogP contribution in [0.4, 0.5) is 5.00 Å². The molecule has 1 unspecified atom stereocenters.